The van der Waals surface area contributed by atoms with Gasteiger partial charge in [0, 0.05) is 10.4 Å². The predicted octanol–water partition coefficient (Wildman–Crippen LogP) is 4.43. The van der Waals surface area contributed by atoms with Crippen LogP contribution in [0.4, 0.5) is 0 Å². The molecule has 5 nitrogen and oxygen atoms in total. The molecule has 146 valence electrons. The van der Waals surface area contributed by atoms with Gasteiger partial charge in [-0.1, -0.05) is 66.4 Å². The molecular formula is C22H19N3O2S2. The molecule has 0 unspecified atom stereocenters. The molecule has 0 aliphatic rings. The lowest BCUT2D eigenvalue weighted by Crippen LogP contribution is -2.30. The van der Waals surface area contributed by atoms with E-state index in [-0.39, 0.29) is 17.1 Å². The SMILES string of the molecule is Cc1sc2nc(SCC(=O)c3ccc(-c4ccccc4)cc3)n(N)c(=O)c2c1C. The Morgan fingerprint density at radius 3 is 2.41 bits per heavy atom. The van der Waals surface area contributed by atoms with E-state index in [9.17, 15) is 9.59 Å². The summed E-state index contributed by atoms with van der Waals surface area (Å²) in [7, 11) is 0. The van der Waals surface area contributed by atoms with E-state index in [0.29, 0.717) is 20.9 Å². The highest BCUT2D eigenvalue weighted by Crippen LogP contribution is 2.28. The Kier molecular flexibility index (Phi) is 5.25. The largest absolute Gasteiger partial charge is 0.334 e. The maximum Gasteiger partial charge on any atom is 0.281 e. The molecule has 0 radical (unpaired) electrons. The third-order valence-corrected chi connectivity index (χ3v) is 6.90. The number of fused-ring (bicyclic) bond motifs is 1. The topological polar surface area (TPSA) is 78.0 Å². The molecular weight excluding hydrogens is 402 g/mol. The number of nitrogens with zero attached hydrogens (tertiary/aromatic N) is 2. The number of carbonyl (C=O) groups is 1. The van der Waals surface area contributed by atoms with Crippen molar-refractivity contribution in [2.24, 2.45) is 0 Å². The fourth-order valence-corrected chi connectivity index (χ4v) is 4.96. The summed E-state index contributed by atoms with van der Waals surface area (Å²) >= 11 is 2.65. The Labute approximate surface area is 176 Å². The molecule has 0 saturated carbocycles. The zero-order valence-electron chi connectivity index (χ0n) is 16.0. The molecule has 2 N–H and O–H groups in total. The van der Waals surface area contributed by atoms with Gasteiger partial charge in [0.05, 0.1) is 11.1 Å². The van der Waals surface area contributed by atoms with Crippen molar-refractivity contribution < 1.29 is 4.79 Å². The van der Waals surface area contributed by atoms with Gasteiger partial charge in [-0.05, 0) is 30.5 Å². The first kappa shape index (κ1) is 19.4. The van der Waals surface area contributed by atoms with Crippen molar-refractivity contribution >= 4 is 39.1 Å². The molecule has 0 saturated heterocycles. The zero-order chi connectivity index (χ0) is 20.5. The summed E-state index contributed by atoms with van der Waals surface area (Å²) in [6.45, 7) is 3.85. The second-order valence-electron chi connectivity index (χ2n) is 6.69. The Balaban J connectivity index is 1.53. The summed E-state index contributed by atoms with van der Waals surface area (Å²) in [6, 6.07) is 17.5. The molecule has 2 aromatic carbocycles. The highest BCUT2D eigenvalue weighted by atomic mass is 32.2. The second kappa shape index (κ2) is 7.85. The normalized spacial score (nSPS) is 11.1. The van der Waals surface area contributed by atoms with Crippen LogP contribution in [0.3, 0.4) is 0 Å². The van der Waals surface area contributed by atoms with Gasteiger partial charge in [0.2, 0.25) is 0 Å². The molecule has 7 heteroatoms. The summed E-state index contributed by atoms with van der Waals surface area (Å²) < 4.78 is 1.04. The number of nitrogens with two attached hydrogens (primary N) is 1. The Morgan fingerprint density at radius 2 is 1.72 bits per heavy atom. The van der Waals surface area contributed by atoms with Crippen LogP contribution in [0.2, 0.25) is 0 Å². The van der Waals surface area contributed by atoms with Crippen molar-refractivity contribution in [2.45, 2.75) is 19.0 Å². The number of nitrogen functional groups attached to an aromatic ring is 1. The monoisotopic (exact) mass is 421 g/mol. The van der Waals surface area contributed by atoms with E-state index in [1.165, 1.54) is 23.1 Å². The summed E-state index contributed by atoms with van der Waals surface area (Å²) in [5, 5.41) is 0.903. The smallest absolute Gasteiger partial charge is 0.281 e. The van der Waals surface area contributed by atoms with Gasteiger partial charge in [0.1, 0.15) is 4.83 Å². The van der Waals surface area contributed by atoms with Crippen LogP contribution in [0.25, 0.3) is 21.3 Å². The standard InChI is InChI=1S/C22H19N3O2S2/c1-13-14(2)29-20-19(13)21(27)25(23)22(24-20)28-12-18(26)17-10-8-16(9-11-17)15-6-4-3-5-7-15/h3-11H,12,23H2,1-2H3. The lowest BCUT2D eigenvalue weighted by Gasteiger charge is -2.07. The molecule has 0 atom stereocenters. The van der Waals surface area contributed by atoms with Gasteiger partial charge in [-0.25, -0.2) is 9.66 Å². The van der Waals surface area contributed by atoms with Crippen LogP contribution in [-0.2, 0) is 0 Å². The van der Waals surface area contributed by atoms with Crippen LogP contribution in [0.5, 0.6) is 0 Å². The number of thiophene rings is 1. The lowest BCUT2D eigenvalue weighted by molar-refractivity contribution is 0.102. The minimum absolute atomic E-state index is 0.0394. The van der Waals surface area contributed by atoms with Crippen molar-refractivity contribution in [1.82, 2.24) is 9.66 Å². The molecule has 4 aromatic rings. The van der Waals surface area contributed by atoms with Gasteiger partial charge in [-0.15, -0.1) is 11.3 Å². The van der Waals surface area contributed by atoms with Crippen molar-refractivity contribution in [3.8, 4) is 11.1 Å². The van der Waals surface area contributed by atoms with E-state index in [4.69, 9.17) is 5.84 Å². The van der Waals surface area contributed by atoms with Gasteiger partial charge in [-0.2, -0.15) is 0 Å². The number of hydrogen-bond acceptors (Lipinski definition) is 6. The summed E-state index contributed by atoms with van der Waals surface area (Å²) in [4.78, 5) is 31.4. The van der Waals surface area contributed by atoms with Gasteiger partial charge in [0.25, 0.3) is 5.56 Å². The minimum atomic E-state index is -0.279. The third kappa shape index (κ3) is 3.71. The van der Waals surface area contributed by atoms with E-state index < -0.39 is 0 Å². The first-order chi connectivity index (χ1) is 14.0. The van der Waals surface area contributed by atoms with Crippen molar-refractivity contribution in [3.05, 3.63) is 81.0 Å². The summed E-state index contributed by atoms with van der Waals surface area (Å²) in [5.74, 6) is 6.07. The number of hydrogen-bond donors (Lipinski definition) is 1. The number of benzene rings is 2. The van der Waals surface area contributed by atoms with Gasteiger partial charge in [-0.3, -0.25) is 9.59 Å². The van der Waals surface area contributed by atoms with E-state index in [1.54, 1.807) is 0 Å². The van der Waals surface area contributed by atoms with Gasteiger partial charge < -0.3 is 5.84 Å². The molecule has 0 fully saturated rings. The summed E-state index contributed by atoms with van der Waals surface area (Å²) in [5.41, 5.74) is 3.41. The maximum absolute atomic E-state index is 12.6. The molecule has 0 spiro atoms. The van der Waals surface area contributed by atoms with E-state index in [2.05, 4.69) is 4.98 Å². The number of aromatic nitrogens is 2. The van der Waals surface area contributed by atoms with Crippen LogP contribution in [0.15, 0.2) is 64.5 Å². The van der Waals surface area contributed by atoms with Crippen LogP contribution < -0.4 is 11.4 Å². The molecule has 0 amide bonds. The molecule has 29 heavy (non-hydrogen) atoms. The van der Waals surface area contributed by atoms with Crippen molar-refractivity contribution in [3.63, 3.8) is 0 Å². The molecule has 0 aliphatic heterocycles. The fourth-order valence-electron chi connectivity index (χ4n) is 3.08. The van der Waals surface area contributed by atoms with Crippen molar-refractivity contribution in [2.75, 3.05) is 11.6 Å². The zero-order valence-corrected chi connectivity index (χ0v) is 17.6. The average Bonchev–Trinajstić information content (AvgIpc) is 3.03. The first-order valence-electron chi connectivity index (χ1n) is 9.05. The molecule has 4 rings (SSSR count). The second-order valence-corrected chi connectivity index (χ2v) is 8.83. The number of aryl methyl sites for hydroxylation is 2. The molecule has 2 heterocycles. The maximum atomic E-state index is 12.6. The van der Waals surface area contributed by atoms with Crippen LogP contribution in [0.1, 0.15) is 20.8 Å². The number of thioether (sulfide) groups is 1. The molecule has 0 bridgehead atoms. The quantitative estimate of drug-likeness (QED) is 0.223. The molecule has 2 aromatic heterocycles. The highest BCUT2D eigenvalue weighted by Gasteiger charge is 2.17. The number of Topliss-reactive ketones (excluding diaryl/α,β-unsaturated/α-hetero) is 1. The highest BCUT2D eigenvalue weighted by molar-refractivity contribution is 7.99. The van der Waals surface area contributed by atoms with Crippen LogP contribution >= 0.6 is 23.1 Å². The van der Waals surface area contributed by atoms with E-state index in [1.807, 2.05) is 68.4 Å². The number of carbonyl (C=O) groups excluding carboxylic acids is 1. The average molecular weight is 422 g/mol. The van der Waals surface area contributed by atoms with Crippen LogP contribution in [0, 0.1) is 13.8 Å². The van der Waals surface area contributed by atoms with Gasteiger partial charge in [0.15, 0.2) is 10.9 Å². The Bertz CT molecular complexity index is 1260. The number of ketones is 1. The minimum Gasteiger partial charge on any atom is -0.334 e. The Morgan fingerprint density at radius 1 is 1.07 bits per heavy atom. The fraction of sp³-hybridized carbons (Fsp3) is 0.136. The number of rotatable bonds is 5. The van der Waals surface area contributed by atoms with Gasteiger partial charge >= 0.3 is 0 Å². The summed E-state index contributed by atoms with van der Waals surface area (Å²) in [6.07, 6.45) is 0. The van der Waals surface area contributed by atoms with Crippen LogP contribution in [-0.4, -0.2) is 21.2 Å². The van der Waals surface area contributed by atoms with E-state index >= 15 is 0 Å². The lowest BCUT2D eigenvalue weighted by atomic mass is 10.0. The predicted molar refractivity (Wildman–Crippen MR) is 120 cm³/mol. The molecule has 0 aliphatic carbocycles. The van der Waals surface area contributed by atoms with E-state index in [0.717, 1.165) is 26.2 Å². The van der Waals surface area contributed by atoms with Crippen molar-refractivity contribution in [1.29, 1.82) is 0 Å². The first-order valence-corrected chi connectivity index (χ1v) is 10.8. The Hall–Kier alpha value is -2.90. The third-order valence-electron chi connectivity index (χ3n) is 4.85.